The maximum absolute atomic E-state index is 12.9. The minimum Gasteiger partial charge on any atom is -0.497 e. The highest BCUT2D eigenvalue weighted by Crippen LogP contribution is 2.24. The Kier molecular flexibility index (Phi) is 6.04. The van der Waals surface area contributed by atoms with Crippen LogP contribution in [0.1, 0.15) is 18.5 Å². The standard InChI is InChI=1S/C18H20FNO2S/c1-13(14-4-8-16(22-3)9-5-14)20(2)18(21)12-23-17-10-6-15(19)7-11-17/h4-11,13H,12H2,1-3H3. The number of carbonyl (C=O) groups is 1. The first-order valence-electron chi connectivity index (χ1n) is 7.29. The highest BCUT2D eigenvalue weighted by molar-refractivity contribution is 8.00. The van der Waals surface area contributed by atoms with E-state index in [0.29, 0.717) is 5.75 Å². The first-order valence-corrected chi connectivity index (χ1v) is 8.28. The molecule has 0 fully saturated rings. The van der Waals surface area contributed by atoms with Gasteiger partial charge < -0.3 is 9.64 Å². The Balaban J connectivity index is 1.93. The first-order chi connectivity index (χ1) is 11.0. The molecule has 23 heavy (non-hydrogen) atoms. The quantitative estimate of drug-likeness (QED) is 0.744. The van der Waals surface area contributed by atoms with Crippen molar-refractivity contribution < 1.29 is 13.9 Å². The molecule has 122 valence electrons. The van der Waals surface area contributed by atoms with E-state index >= 15 is 0 Å². The van der Waals surface area contributed by atoms with E-state index < -0.39 is 0 Å². The van der Waals surface area contributed by atoms with Crippen LogP contribution in [0.3, 0.4) is 0 Å². The second-order valence-electron chi connectivity index (χ2n) is 5.20. The predicted molar refractivity (Wildman–Crippen MR) is 91.3 cm³/mol. The smallest absolute Gasteiger partial charge is 0.233 e. The average molecular weight is 333 g/mol. The summed E-state index contributed by atoms with van der Waals surface area (Å²) in [7, 11) is 3.42. The van der Waals surface area contributed by atoms with Crippen molar-refractivity contribution in [2.45, 2.75) is 17.9 Å². The Morgan fingerprint density at radius 1 is 1.17 bits per heavy atom. The normalized spacial score (nSPS) is 11.8. The van der Waals surface area contributed by atoms with Crippen LogP contribution in [0.25, 0.3) is 0 Å². The lowest BCUT2D eigenvalue weighted by atomic mass is 10.1. The number of hydrogen-bond donors (Lipinski definition) is 0. The Bertz CT molecular complexity index is 643. The molecule has 1 atom stereocenters. The molecule has 5 heteroatoms. The second kappa shape index (κ2) is 8.02. The number of hydrogen-bond acceptors (Lipinski definition) is 3. The van der Waals surface area contributed by atoms with Gasteiger partial charge in [0.15, 0.2) is 0 Å². The average Bonchev–Trinajstić information content (AvgIpc) is 2.59. The van der Waals surface area contributed by atoms with Gasteiger partial charge in [0.05, 0.1) is 18.9 Å². The van der Waals surface area contributed by atoms with Gasteiger partial charge in [0, 0.05) is 11.9 Å². The summed E-state index contributed by atoms with van der Waals surface area (Å²) in [5.41, 5.74) is 1.05. The molecule has 1 amide bonds. The fourth-order valence-corrected chi connectivity index (χ4v) is 2.92. The molecule has 0 aliphatic heterocycles. The van der Waals surface area contributed by atoms with E-state index in [-0.39, 0.29) is 17.8 Å². The van der Waals surface area contributed by atoms with Gasteiger partial charge in [0.1, 0.15) is 11.6 Å². The van der Waals surface area contributed by atoms with Crippen molar-refractivity contribution in [2.75, 3.05) is 19.9 Å². The lowest BCUT2D eigenvalue weighted by molar-refractivity contribution is -0.128. The van der Waals surface area contributed by atoms with E-state index in [9.17, 15) is 9.18 Å². The number of ether oxygens (including phenoxy) is 1. The third-order valence-electron chi connectivity index (χ3n) is 3.75. The van der Waals surface area contributed by atoms with Crippen molar-refractivity contribution in [3.05, 3.63) is 59.9 Å². The summed E-state index contributed by atoms with van der Waals surface area (Å²) in [4.78, 5) is 14.9. The minimum atomic E-state index is -0.272. The molecule has 0 aliphatic carbocycles. The zero-order chi connectivity index (χ0) is 16.8. The van der Waals surface area contributed by atoms with Gasteiger partial charge in [-0.05, 0) is 48.9 Å². The van der Waals surface area contributed by atoms with Crippen molar-refractivity contribution in [3.63, 3.8) is 0 Å². The minimum absolute atomic E-state index is 0.0257. The molecule has 0 saturated carbocycles. The van der Waals surface area contributed by atoms with E-state index in [4.69, 9.17) is 4.74 Å². The summed E-state index contributed by atoms with van der Waals surface area (Å²) in [6.45, 7) is 1.99. The molecule has 0 N–H and O–H groups in total. The number of nitrogens with zero attached hydrogens (tertiary/aromatic N) is 1. The van der Waals surface area contributed by atoms with Crippen LogP contribution >= 0.6 is 11.8 Å². The number of carbonyl (C=O) groups excluding carboxylic acids is 1. The maximum atomic E-state index is 12.9. The zero-order valence-electron chi connectivity index (χ0n) is 13.5. The SMILES string of the molecule is COc1ccc(C(C)N(C)C(=O)CSc2ccc(F)cc2)cc1. The van der Waals surface area contributed by atoms with E-state index in [1.165, 1.54) is 23.9 Å². The van der Waals surface area contributed by atoms with E-state index in [0.717, 1.165) is 16.2 Å². The number of rotatable bonds is 6. The lowest BCUT2D eigenvalue weighted by Gasteiger charge is -2.25. The number of halogens is 1. The number of methoxy groups -OCH3 is 1. The van der Waals surface area contributed by atoms with Gasteiger partial charge in [-0.15, -0.1) is 11.8 Å². The molecule has 0 aliphatic rings. The van der Waals surface area contributed by atoms with Gasteiger partial charge in [-0.2, -0.15) is 0 Å². The van der Waals surface area contributed by atoms with Gasteiger partial charge >= 0.3 is 0 Å². The van der Waals surface area contributed by atoms with Crippen molar-refractivity contribution in [2.24, 2.45) is 0 Å². The maximum Gasteiger partial charge on any atom is 0.233 e. The van der Waals surface area contributed by atoms with E-state index in [1.54, 1.807) is 31.2 Å². The van der Waals surface area contributed by atoms with Crippen LogP contribution in [-0.4, -0.2) is 30.7 Å². The van der Waals surface area contributed by atoms with Crippen LogP contribution in [0.15, 0.2) is 53.4 Å². The third kappa shape index (κ3) is 4.73. The van der Waals surface area contributed by atoms with Crippen LogP contribution in [0.2, 0.25) is 0 Å². The van der Waals surface area contributed by atoms with Gasteiger partial charge in [0.2, 0.25) is 5.91 Å². The molecule has 0 heterocycles. The van der Waals surface area contributed by atoms with Crippen molar-refractivity contribution in [1.82, 2.24) is 4.90 Å². The predicted octanol–water partition coefficient (Wildman–Crippen LogP) is 4.15. The molecule has 0 aromatic heterocycles. The summed E-state index contributed by atoms with van der Waals surface area (Å²) in [6, 6.07) is 13.8. The molecule has 0 spiro atoms. The molecule has 2 rings (SSSR count). The Hall–Kier alpha value is -2.01. The molecule has 0 radical (unpaired) electrons. The van der Waals surface area contributed by atoms with Crippen molar-refractivity contribution in [1.29, 1.82) is 0 Å². The van der Waals surface area contributed by atoms with Crippen molar-refractivity contribution in [3.8, 4) is 5.75 Å². The summed E-state index contributed by atoms with van der Waals surface area (Å²) in [6.07, 6.45) is 0. The van der Waals surface area contributed by atoms with Crippen LogP contribution in [-0.2, 0) is 4.79 Å². The first kappa shape index (κ1) is 17.3. The van der Waals surface area contributed by atoms with E-state index in [2.05, 4.69) is 0 Å². The summed E-state index contributed by atoms with van der Waals surface area (Å²) < 4.78 is 18.0. The van der Waals surface area contributed by atoms with Crippen LogP contribution in [0, 0.1) is 5.82 Å². The molecule has 0 bridgehead atoms. The van der Waals surface area contributed by atoms with Gasteiger partial charge in [-0.25, -0.2) is 4.39 Å². The van der Waals surface area contributed by atoms with Crippen LogP contribution in [0.5, 0.6) is 5.75 Å². The monoisotopic (exact) mass is 333 g/mol. The second-order valence-corrected chi connectivity index (χ2v) is 6.25. The van der Waals surface area contributed by atoms with Crippen molar-refractivity contribution >= 4 is 17.7 Å². The van der Waals surface area contributed by atoms with Gasteiger partial charge in [-0.3, -0.25) is 4.79 Å². The van der Waals surface area contributed by atoms with Crippen LogP contribution < -0.4 is 4.74 Å². The number of thioether (sulfide) groups is 1. The molecule has 1 unspecified atom stereocenters. The zero-order valence-corrected chi connectivity index (χ0v) is 14.3. The highest BCUT2D eigenvalue weighted by Gasteiger charge is 2.17. The highest BCUT2D eigenvalue weighted by atomic mass is 32.2. The molecular weight excluding hydrogens is 313 g/mol. The largest absolute Gasteiger partial charge is 0.497 e. The molecule has 0 saturated heterocycles. The van der Waals surface area contributed by atoms with Crippen LogP contribution in [0.4, 0.5) is 4.39 Å². The Morgan fingerprint density at radius 2 is 1.78 bits per heavy atom. The Labute approximate surface area is 140 Å². The molecule has 2 aromatic rings. The number of amides is 1. The summed E-state index contributed by atoms with van der Waals surface area (Å²) >= 11 is 1.41. The van der Waals surface area contributed by atoms with E-state index in [1.807, 2.05) is 31.2 Å². The fraction of sp³-hybridized carbons (Fsp3) is 0.278. The third-order valence-corrected chi connectivity index (χ3v) is 4.75. The number of benzene rings is 2. The fourth-order valence-electron chi connectivity index (χ4n) is 2.10. The lowest BCUT2D eigenvalue weighted by Crippen LogP contribution is -2.31. The summed E-state index contributed by atoms with van der Waals surface area (Å²) in [5.74, 6) is 0.873. The topological polar surface area (TPSA) is 29.5 Å². The molecular formula is C18H20FNO2S. The van der Waals surface area contributed by atoms with Gasteiger partial charge in [0.25, 0.3) is 0 Å². The Morgan fingerprint density at radius 3 is 2.35 bits per heavy atom. The molecule has 2 aromatic carbocycles. The summed E-state index contributed by atoms with van der Waals surface area (Å²) in [5, 5.41) is 0. The van der Waals surface area contributed by atoms with Gasteiger partial charge in [-0.1, -0.05) is 12.1 Å². The molecule has 3 nitrogen and oxygen atoms in total.